The quantitative estimate of drug-likeness (QED) is 0.846. The van der Waals surface area contributed by atoms with Crippen LogP contribution in [0.3, 0.4) is 0 Å². The number of nitrogens with zero attached hydrogens (tertiary/aromatic N) is 2. The van der Waals surface area contributed by atoms with Gasteiger partial charge in [0.25, 0.3) is 5.56 Å². The highest BCUT2D eigenvalue weighted by molar-refractivity contribution is 6.32. The summed E-state index contributed by atoms with van der Waals surface area (Å²) in [6.45, 7) is 2.15. The zero-order valence-corrected chi connectivity index (χ0v) is 9.21. The topological polar surface area (TPSA) is 83.8 Å². The molecule has 0 bridgehead atoms. The van der Waals surface area contributed by atoms with Crippen LogP contribution in [0.15, 0.2) is 21.6 Å². The molecule has 0 aliphatic heterocycles. The number of aryl methyl sites for hydroxylation is 1. The molecule has 2 heterocycles. The predicted molar refractivity (Wildman–Crippen MR) is 58.4 cm³/mol. The standard InChI is InChI=1S/C9H9ClN4O2/c1-5-2-12-7(16-5)4-11-6-3-13-14-9(15)8(6)10/h2-3H,4H2,1H3,(H2,11,14,15). The summed E-state index contributed by atoms with van der Waals surface area (Å²) in [5, 5.41) is 8.83. The summed E-state index contributed by atoms with van der Waals surface area (Å²) in [5.74, 6) is 1.25. The number of anilines is 1. The Labute approximate surface area is 95.7 Å². The second-order valence-electron chi connectivity index (χ2n) is 3.14. The monoisotopic (exact) mass is 240 g/mol. The molecular weight excluding hydrogens is 232 g/mol. The van der Waals surface area contributed by atoms with Gasteiger partial charge in [0.1, 0.15) is 10.8 Å². The Kier molecular flexibility index (Phi) is 2.91. The van der Waals surface area contributed by atoms with Crippen LogP contribution in [-0.4, -0.2) is 15.2 Å². The van der Waals surface area contributed by atoms with Gasteiger partial charge in [0, 0.05) is 0 Å². The highest BCUT2D eigenvalue weighted by Gasteiger charge is 2.06. The van der Waals surface area contributed by atoms with Crippen molar-refractivity contribution in [1.29, 1.82) is 0 Å². The average molecular weight is 241 g/mol. The van der Waals surface area contributed by atoms with Crippen molar-refractivity contribution in [1.82, 2.24) is 15.2 Å². The first-order chi connectivity index (χ1) is 7.66. The van der Waals surface area contributed by atoms with Crippen molar-refractivity contribution in [3.8, 4) is 0 Å². The highest BCUT2D eigenvalue weighted by Crippen LogP contribution is 2.15. The van der Waals surface area contributed by atoms with Gasteiger partial charge in [-0.15, -0.1) is 0 Å². The molecule has 0 amide bonds. The summed E-state index contributed by atoms with van der Waals surface area (Å²) in [5.41, 5.74) is 0.0107. The van der Waals surface area contributed by atoms with E-state index in [1.54, 1.807) is 13.1 Å². The van der Waals surface area contributed by atoms with Crippen LogP contribution in [0.2, 0.25) is 5.02 Å². The molecule has 0 radical (unpaired) electrons. The Morgan fingerprint density at radius 1 is 1.56 bits per heavy atom. The third kappa shape index (κ3) is 2.22. The zero-order valence-electron chi connectivity index (χ0n) is 8.45. The molecule has 7 heteroatoms. The minimum Gasteiger partial charge on any atom is -0.444 e. The van der Waals surface area contributed by atoms with Crippen LogP contribution in [0.4, 0.5) is 5.69 Å². The average Bonchev–Trinajstić information content (AvgIpc) is 2.67. The first-order valence-electron chi connectivity index (χ1n) is 4.55. The van der Waals surface area contributed by atoms with Gasteiger partial charge < -0.3 is 9.73 Å². The van der Waals surface area contributed by atoms with Gasteiger partial charge >= 0.3 is 0 Å². The second kappa shape index (κ2) is 4.36. The third-order valence-electron chi connectivity index (χ3n) is 1.89. The fraction of sp³-hybridized carbons (Fsp3) is 0.222. The number of hydrogen-bond acceptors (Lipinski definition) is 5. The van der Waals surface area contributed by atoms with Crippen molar-refractivity contribution < 1.29 is 4.42 Å². The first-order valence-corrected chi connectivity index (χ1v) is 4.93. The van der Waals surface area contributed by atoms with Crippen molar-refractivity contribution in [2.24, 2.45) is 0 Å². The first kappa shape index (κ1) is 10.7. The fourth-order valence-electron chi connectivity index (χ4n) is 1.16. The SMILES string of the molecule is Cc1cnc(CNc2cn[nH]c(=O)c2Cl)o1. The van der Waals surface area contributed by atoms with Crippen LogP contribution in [0.5, 0.6) is 0 Å². The van der Waals surface area contributed by atoms with Gasteiger partial charge in [0.2, 0.25) is 5.89 Å². The number of halogens is 1. The maximum absolute atomic E-state index is 11.1. The Balaban J connectivity index is 2.10. The Bertz CT molecular complexity index is 548. The minimum absolute atomic E-state index is 0.0679. The largest absolute Gasteiger partial charge is 0.444 e. The lowest BCUT2D eigenvalue weighted by molar-refractivity contribution is 0.479. The molecule has 0 aromatic carbocycles. The van der Waals surface area contributed by atoms with Crippen molar-refractivity contribution in [3.05, 3.63) is 39.4 Å². The molecule has 0 saturated heterocycles. The molecule has 84 valence electrons. The molecule has 6 nitrogen and oxygen atoms in total. The molecule has 2 N–H and O–H groups in total. The number of H-pyrrole nitrogens is 1. The van der Waals surface area contributed by atoms with Crippen LogP contribution in [-0.2, 0) is 6.54 Å². The van der Waals surface area contributed by atoms with E-state index < -0.39 is 5.56 Å². The molecule has 0 spiro atoms. The van der Waals surface area contributed by atoms with Crippen LogP contribution < -0.4 is 10.9 Å². The molecular formula is C9H9ClN4O2. The Morgan fingerprint density at radius 2 is 2.38 bits per heavy atom. The van der Waals surface area contributed by atoms with Crippen molar-refractivity contribution >= 4 is 17.3 Å². The minimum atomic E-state index is -0.435. The Hall–Kier alpha value is -1.82. The summed E-state index contributed by atoms with van der Waals surface area (Å²) < 4.78 is 5.25. The predicted octanol–water partition coefficient (Wildman–Crippen LogP) is 1.33. The number of rotatable bonds is 3. The summed E-state index contributed by atoms with van der Waals surface area (Å²) in [4.78, 5) is 15.1. The van der Waals surface area contributed by atoms with Crippen LogP contribution in [0, 0.1) is 6.92 Å². The van der Waals surface area contributed by atoms with E-state index in [0.29, 0.717) is 18.1 Å². The zero-order chi connectivity index (χ0) is 11.5. The van der Waals surface area contributed by atoms with Gasteiger partial charge in [-0.1, -0.05) is 11.6 Å². The van der Waals surface area contributed by atoms with E-state index in [-0.39, 0.29) is 5.02 Å². The molecule has 0 atom stereocenters. The maximum atomic E-state index is 11.1. The molecule has 2 aromatic rings. The third-order valence-corrected chi connectivity index (χ3v) is 2.27. The van der Waals surface area contributed by atoms with E-state index in [0.717, 1.165) is 5.76 Å². The van der Waals surface area contributed by atoms with Crippen molar-refractivity contribution in [2.75, 3.05) is 5.32 Å². The molecule has 0 fully saturated rings. The number of aromatic amines is 1. The lowest BCUT2D eigenvalue weighted by atomic mass is 10.4. The van der Waals surface area contributed by atoms with E-state index in [1.807, 2.05) is 0 Å². The normalized spacial score (nSPS) is 10.4. The van der Waals surface area contributed by atoms with Crippen molar-refractivity contribution in [3.63, 3.8) is 0 Å². The fourth-order valence-corrected chi connectivity index (χ4v) is 1.32. The van der Waals surface area contributed by atoms with Crippen LogP contribution in [0.25, 0.3) is 0 Å². The van der Waals surface area contributed by atoms with Gasteiger partial charge in [-0.05, 0) is 6.92 Å². The smallest absolute Gasteiger partial charge is 0.285 e. The van der Waals surface area contributed by atoms with Gasteiger partial charge in [-0.3, -0.25) is 4.79 Å². The van der Waals surface area contributed by atoms with Gasteiger partial charge in [-0.2, -0.15) is 5.10 Å². The van der Waals surface area contributed by atoms with Crippen LogP contribution >= 0.6 is 11.6 Å². The number of oxazole rings is 1. The van der Waals surface area contributed by atoms with E-state index >= 15 is 0 Å². The van der Waals surface area contributed by atoms with Crippen molar-refractivity contribution in [2.45, 2.75) is 13.5 Å². The molecule has 0 unspecified atom stereocenters. The maximum Gasteiger partial charge on any atom is 0.285 e. The van der Waals surface area contributed by atoms with Crippen LogP contribution in [0.1, 0.15) is 11.7 Å². The molecule has 2 aromatic heterocycles. The summed E-state index contributed by atoms with van der Waals surface area (Å²) in [7, 11) is 0. The number of aromatic nitrogens is 3. The lowest BCUT2D eigenvalue weighted by Gasteiger charge is -2.03. The van der Waals surface area contributed by atoms with Gasteiger partial charge in [0.15, 0.2) is 0 Å². The number of hydrogen-bond donors (Lipinski definition) is 2. The van der Waals surface area contributed by atoms with E-state index in [9.17, 15) is 4.79 Å². The van der Waals surface area contributed by atoms with E-state index in [1.165, 1.54) is 6.20 Å². The van der Waals surface area contributed by atoms with E-state index in [2.05, 4.69) is 20.5 Å². The number of nitrogens with one attached hydrogen (secondary N) is 2. The summed E-state index contributed by atoms with van der Waals surface area (Å²) >= 11 is 5.77. The highest BCUT2D eigenvalue weighted by atomic mass is 35.5. The molecule has 0 saturated carbocycles. The second-order valence-corrected chi connectivity index (χ2v) is 3.52. The molecule has 16 heavy (non-hydrogen) atoms. The molecule has 0 aliphatic carbocycles. The Morgan fingerprint density at radius 3 is 3.06 bits per heavy atom. The molecule has 2 rings (SSSR count). The summed E-state index contributed by atoms with van der Waals surface area (Å²) in [6.07, 6.45) is 3.05. The van der Waals surface area contributed by atoms with E-state index in [4.69, 9.17) is 16.0 Å². The summed E-state index contributed by atoms with van der Waals surface area (Å²) in [6, 6.07) is 0. The van der Waals surface area contributed by atoms with Gasteiger partial charge in [-0.25, -0.2) is 10.1 Å². The molecule has 0 aliphatic rings. The lowest BCUT2D eigenvalue weighted by Crippen LogP contribution is -2.11. The van der Waals surface area contributed by atoms with Gasteiger partial charge in [0.05, 0.1) is 24.6 Å².